The van der Waals surface area contributed by atoms with Crippen LogP contribution in [0.25, 0.3) is 0 Å². The van der Waals surface area contributed by atoms with Gasteiger partial charge in [0.25, 0.3) is 0 Å². The zero-order valence-electron chi connectivity index (χ0n) is 13.5. The average Bonchev–Trinajstić information content (AvgIpc) is 2.34. The standard InChI is InChI=1S/C17H34O/c1-10(2)14-8-13(7)16(12(5)6)17(18)15(9-14)11(3)4/h10-18H,8-9H2,1-7H3. The van der Waals surface area contributed by atoms with Gasteiger partial charge in [0, 0.05) is 0 Å². The summed E-state index contributed by atoms with van der Waals surface area (Å²) in [7, 11) is 0. The van der Waals surface area contributed by atoms with Crippen LogP contribution in [0, 0.1) is 41.4 Å². The Kier molecular flexibility index (Phi) is 5.70. The van der Waals surface area contributed by atoms with Gasteiger partial charge >= 0.3 is 0 Å². The van der Waals surface area contributed by atoms with E-state index in [1.54, 1.807) is 0 Å². The second-order valence-corrected chi connectivity index (χ2v) is 7.67. The van der Waals surface area contributed by atoms with Crippen molar-refractivity contribution in [2.45, 2.75) is 67.4 Å². The third-order valence-corrected chi connectivity index (χ3v) is 5.31. The van der Waals surface area contributed by atoms with Gasteiger partial charge in [0.1, 0.15) is 0 Å². The molecule has 0 amide bonds. The molecule has 1 rings (SSSR count). The lowest BCUT2D eigenvalue weighted by molar-refractivity contribution is -0.00339. The Morgan fingerprint density at radius 3 is 1.78 bits per heavy atom. The summed E-state index contributed by atoms with van der Waals surface area (Å²) in [5.74, 6) is 4.31. The van der Waals surface area contributed by atoms with Crippen LogP contribution in [0.4, 0.5) is 0 Å². The van der Waals surface area contributed by atoms with E-state index in [1.807, 2.05) is 0 Å². The molecular weight excluding hydrogens is 220 g/mol. The van der Waals surface area contributed by atoms with Crippen LogP contribution in [0.3, 0.4) is 0 Å². The van der Waals surface area contributed by atoms with Gasteiger partial charge in [0.2, 0.25) is 0 Å². The van der Waals surface area contributed by atoms with Gasteiger partial charge < -0.3 is 5.11 Å². The van der Waals surface area contributed by atoms with Crippen LogP contribution in [0.1, 0.15) is 61.3 Å². The van der Waals surface area contributed by atoms with Crippen molar-refractivity contribution in [3.05, 3.63) is 0 Å². The second kappa shape index (κ2) is 6.41. The summed E-state index contributed by atoms with van der Waals surface area (Å²) in [5, 5.41) is 10.8. The van der Waals surface area contributed by atoms with Crippen molar-refractivity contribution in [3.63, 3.8) is 0 Å². The fraction of sp³-hybridized carbons (Fsp3) is 1.00. The summed E-state index contributed by atoms with van der Waals surface area (Å²) < 4.78 is 0. The molecule has 1 aliphatic carbocycles. The van der Waals surface area contributed by atoms with Crippen molar-refractivity contribution in [2.24, 2.45) is 41.4 Å². The van der Waals surface area contributed by atoms with Gasteiger partial charge in [-0.25, -0.2) is 0 Å². The average molecular weight is 254 g/mol. The molecule has 1 N–H and O–H groups in total. The summed E-state index contributed by atoms with van der Waals surface area (Å²) >= 11 is 0. The van der Waals surface area contributed by atoms with E-state index in [0.717, 1.165) is 11.8 Å². The number of hydrogen-bond acceptors (Lipinski definition) is 1. The Labute approximate surface area is 114 Å². The van der Waals surface area contributed by atoms with Crippen molar-refractivity contribution >= 4 is 0 Å². The predicted octanol–water partition coefficient (Wildman–Crippen LogP) is 4.59. The van der Waals surface area contributed by atoms with Crippen molar-refractivity contribution in [1.82, 2.24) is 0 Å². The van der Waals surface area contributed by atoms with E-state index in [-0.39, 0.29) is 6.10 Å². The van der Waals surface area contributed by atoms with E-state index in [9.17, 15) is 5.11 Å². The molecule has 0 aromatic carbocycles. The minimum atomic E-state index is -0.108. The minimum absolute atomic E-state index is 0.108. The highest BCUT2D eigenvalue weighted by molar-refractivity contribution is 4.90. The van der Waals surface area contributed by atoms with Crippen molar-refractivity contribution in [2.75, 3.05) is 0 Å². The van der Waals surface area contributed by atoms with Gasteiger partial charge in [-0.05, 0) is 54.3 Å². The van der Waals surface area contributed by atoms with Gasteiger partial charge in [-0.1, -0.05) is 48.5 Å². The molecule has 1 heteroatoms. The normalized spacial score (nSPS) is 38.5. The molecule has 5 unspecified atom stereocenters. The zero-order chi connectivity index (χ0) is 14.0. The van der Waals surface area contributed by atoms with E-state index in [4.69, 9.17) is 0 Å². The molecule has 0 saturated heterocycles. The molecule has 0 aromatic heterocycles. The van der Waals surface area contributed by atoms with Gasteiger partial charge in [-0.2, -0.15) is 0 Å². The summed E-state index contributed by atoms with van der Waals surface area (Å²) in [6, 6.07) is 0. The van der Waals surface area contributed by atoms with Crippen molar-refractivity contribution in [3.8, 4) is 0 Å². The molecule has 0 aromatic rings. The maximum atomic E-state index is 10.8. The first-order valence-corrected chi connectivity index (χ1v) is 7.93. The molecule has 108 valence electrons. The largest absolute Gasteiger partial charge is 0.393 e. The number of aliphatic hydroxyl groups excluding tert-OH is 1. The molecule has 5 atom stereocenters. The summed E-state index contributed by atoms with van der Waals surface area (Å²) in [4.78, 5) is 0. The molecular formula is C17H34O. The Morgan fingerprint density at radius 2 is 1.39 bits per heavy atom. The van der Waals surface area contributed by atoms with Crippen molar-refractivity contribution in [1.29, 1.82) is 0 Å². The first kappa shape index (κ1) is 16.0. The smallest absolute Gasteiger partial charge is 0.0604 e. The molecule has 1 saturated carbocycles. The highest BCUT2D eigenvalue weighted by atomic mass is 16.3. The van der Waals surface area contributed by atoms with Crippen LogP contribution in [0.2, 0.25) is 0 Å². The van der Waals surface area contributed by atoms with Crippen LogP contribution >= 0.6 is 0 Å². The SMILES string of the molecule is CC(C)C1CC(C)C(C(C)C)C(O)C(C(C)C)C1. The lowest BCUT2D eigenvalue weighted by atomic mass is 9.74. The fourth-order valence-corrected chi connectivity index (χ4v) is 4.10. The molecule has 18 heavy (non-hydrogen) atoms. The van der Waals surface area contributed by atoms with Gasteiger partial charge in [0.05, 0.1) is 6.10 Å². The van der Waals surface area contributed by atoms with Crippen LogP contribution in [0.15, 0.2) is 0 Å². The maximum Gasteiger partial charge on any atom is 0.0604 e. The third-order valence-electron chi connectivity index (χ3n) is 5.31. The van der Waals surface area contributed by atoms with E-state index in [2.05, 4.69) is 48.5 Å². The first-order chi connectivity index (χ1) is 8.25. The van der Waals surface area contributed by atoms with Gasteiger partial charge in [-0.3, -0.25) is 0 Å². The lowest BCUT2D eigenvalue weighted by Crippen LogP contribution is -2.36. The summed E-state index contributed by atoms with van der Waals surface area (Å²) in [5.41, 5.74) is 0. The Balaban J connectivity index is 2.98. The minimum Gasteiger partial charge on any atom is -0.393 e. The van der Waals surface area contributed by atoms with Crippen LogP contribution < -0.4 is 0 Å². The van der Waals surface area contributed by atoms with Gasteiger partial charge in [0.15, 0.2) is 0 Å². The fourth-order valence-electron chi connectivity index (χ4n) is 4.10. The predicted molar refractivity (Wildman–Crippen MR) is 79.4 cm³/mol. The Bertz CT molecular complexity index is 244. The lowest BCUT2D eigenvalue weighted by Gasteiger charge is -2.35. The first-order valence-electron chi connectivity index (χ1n) is 7.93. The van der Waals surface area contributed by atoms with Crippen LogP contribution in [-0.4, -0.2) is 11.2 Å². The highest BCUT2D eigenvalue weighted by Gasteiger charge is 2.40. The monoisotopic (exact) mass is 254 g/mol. The van der Waals surface area contributed by atoms with Crippen molar-refractivity contribution < 1.29 is 5.11 Å². The topological polar surface area (TPSA) is 20.2 Å². The molecule has 0 bridgehead atoms. The number of aliphatic hydroxyl groups is 1. The summed E-state index contributed by atoms with van der Waals surface area (Å²) in [6.45, 7) is 16.1. The Hall–Kier alpha value is -0.0400. The van der Waals surface area contributed by atoms with Crippen LogP contribution in [-0.2, 0) is 0 Å². The molecule has 1 aliphatic rings. The molecule has 0 aliphatic heterocycles. The number of rotatable bonds is 3. The van der Waals surface area contributed by atoms with Gasteiger partial charge in [-0.15, -0.1) is 0 Å². The van der Waals surface area contributed by atoms with E-state index < -0.39 is 0 Å². The molecule has 0 spiro atoms. The highest BCUT2D eigenvalue weighted by Crippen LogP contribution is 2.43. The molecule has 1 nitrogen and oxygen atoms in total. The molecule has 0 heterocycles. The molecule has 1 fully saturated rings. The third kappa shape index (κ3) is 3.50. The quantitative estimate of drug-likeness (QED) is 0.730. The number of hydrogen-bond donors (Lipinski definition) is 1. The van der Waals surface area contributed by atoms with E-state index in [1.165, 1.54) is 12.8 Å². The molecule has 0 radical (unpaired) electrons. The zero-order valence-corrected chi connectivity index (χ0v) is 13.5. The maximum absolute atomic E-state index is 10.8. The summed E-state index contributed by atoms with van der Waals surface area (Å²) in [6.07, 6.45) is 2.40. The Morgan fingerprint density at radius 1 is 0.833 bits per heavy atom. The van der Waals surface area contributed by atoms with E-state index >= 15 is 0 Å². The second-order valence-electron chi connectivity index (χ2n) is 7.67. The van der Waals surface area contributed by atoms with E-state index in [0.29, 0.717) is 29.6 Å². The van der Waals surface area contributed by atoms with Crippen LogP contribution in [0.5, 0.6) is 0 Å².